The van der Waals surface area contributed by atoms with Crippen LogP contribution in [0.25, 0.3) is 10.9 Å². The Kier molecular flexibility index (Phi) is 11.0. The molecule has 0 radical (unpaired) electrons. The van der Waals surface area contributed by atoms with Crippen LogP contribution in [0.1, 0.15) is 61.4 Å². The quantitative estimate of drug-likeness (QED) is 0.339. The van der Waals surface area contributed by atoms with Crippen LogP contribution >= 0.6 is 0 Å². The Balaban J connectivity index is 1.84. The number of nitrogens with one attached hydrogen (secondary N) is 2. The number of carbonyl (C=O) groups is 6. The number of aromatic nitrogens is 1. The molecule has 232 valence electrons. The maximum atomic E-state index is 13.6. The molecule has 43 heavy (non-hydrogen) atoms. The van der Waals surface area contributed by atoms with E-state index in [0.29, 0.717) is 10.9 Å². The average molecular weight is 600 g/mol. The third kappa shape index (κ3) is 9.38. The molecule has 1 fully saturated rings. The second-order valence-electron chi connectivity index (χ2n) is 10.8. The lowest BCUT2D eigenvalue weighted by Gasteiger charge is -2.36. The first-order valence-corrected chi connectivity index (χ1v) is 13.9. The van der Waals surface area contributed by atoms with E-state index in [4.69, 9.17) is 14.6 Å². The van der Waals surface area contributed by atoms with Gasteiger partial charge in [0.2, 0.25) is 5.91 Å². The Hall–Kier alpha value is -4.75. The van der Waals surface area contributed by atoms with Gasteiger partial charge in [-0.3, -0.25) is 24.0 Å². The lowest BCUT2D eigenvalue weighted by molar-refractivity contribution is -0.155. The highest BCUT2D eigenvalue weighted by Crippen LogP contribution is 2.19. The van der Waals surface area contributed by atoms with E-state index in [1.165, 1.54) is 15.9 Å². The number of hydrogen-bond acceptors (Lipinski definition) is 9. The van der Waals surface area contributed by atoms with Crippen LogP contribution in [0.15, 0.2) is 30.3 Å². The van der Waals surface area contributed by atoms with E-state index in [0.717, 1.165) is 0 Å². The van der Waals surface area contributed by atoms with Crippen molar-refractivity contribution in [1.29, 1.82) is 0 Å². The van der Waals surface area contributed by atoms with Crippen molar-refractivity contribution in [3.63, 3.8) is 0 Å². The van der Waals surface area contributed by atoms with Crippen molar-refractivity contribution in [1.82, 2.24) is 25.4 Å². The van der Waals surface area contributed by atoms with Crippen molar-refractivity contribution < 1.29 is 43.3 Å². The first-order chi connectivity index (χ1) is 20.3. The molecule has 3 rings (SSSR count). The third-order valence-corrected chi connectivity index (χ3v) is 6.37. The number of esters is 1. The van der Waals surface area contributed by atoms with E-state index in [-0.39, 0.29) is 56.9 Å². The van der Waals surface area contributed by atoms with Gasteiger partial charge in [0.1, 0.15) is 23.9 Å². The summed E-state index contributed by atoms with van der Waals surface area (Å²) in [4.78, 5) is 82.7. The number of carboxylic acids is 1. The maximum Gasteiger partial charge on any atom is 0.409 e. The normalized spacial score (nSPS) is 14.0. The van der Waals surface area contributed by atoms with Crippen LogP contribution in [0.3, 0.4) is 0 Å². The van der Waals surface area contributed by atoms with Gasteiger partial charge in [-0.15, -0.1) is 0 Å². The van der Waals surface area contributed by atoms with Crippen LogP contribution in [0.4, 0.5) is 4.79 Å². The Labute approximate surface area is 248 Å². The van der Waals surface area contributed by atoms with Gasteiger partial charge in [-0.2, -0.15) is 0 Å². The van der Waals surface area contributed by atoms with Crippen LogP contribution in [-0.4, -0.2) is 107 Å². The Morgan fingerprint density at radius 3 is 2.28 bits per heavy atom. The molecule has 1 aliphatic heterocycles. The summed E-state index contributed by atoms with van der Waals surface area (Å²) in [7, 11) is 0. The number of nitrogens with zero attached hydrogens (tertiary/aromatic N) is 3. The summed E-state index contributed by atoms with van der Waals surface area (Å²) in [5, 5.41) is 14.3. The molecule has 4 amide bonds. The van der Waals surface area contributed by atoms with E-state index in [1.807, 2.05) is 0 Å². The van der Waals surface area contributed by atoms with Crippen molar-refractivity contribution in [2.45, 2.75) is 52.2 Å². The predicted molar refractivity (Wildman–Crippen MR) is 153 cm³/mol. The Morgan fingerprint density at radius 1 is 1.00 bits per heavy atom. The van der Waals surface area contributed by atoms with Crippen molar-refractivity contribution >= 4 is 46.7 Å². The van der Waals surface area contributed by atoms with Gasteiger partial charge in [0, 0.05) is 38.0 Å². The van der Waals surface area contributed by atoms with Crippen molar-refractivity contribution in [2.24, 2.45) is 0 Å². The second-order valence-corrected chi connectivity index (χ2v) is 10.8. The van der Waals surface area contributed by atoms with Crippen LogP contribution in [0.2, 0.25) is 0 Å². The number of carboxylic acid groups (broad SMARTS) is 1. The smallest absolute Gasteiger partial charge is 0.409 e. The van der Waals surface area contributed by atoms with E-state index in [2.05, 4.69) is 15.6 Å². The second kappa shape index (κ2) is 14.4. The highest BCUT2D eigenvalue weighted by molar-refractivity contribution is 6.09. The summed E-state index contributed by atoms with van der Waals surface area (Å²) in [5.41, 5.74) is -0.581. The zero-order valence-corrected chi connectivity index (χ0v) is 24.7. The van der Waals surface area contributed by atoms with Crippen LogP contribution in [0, 0.1) is 0 Å². The molecule has 0 saturated carbocycles. The summed E-state index contributed by atoms with van der Waals surface area (Å²) in [6, 6.07) is 6.62. The van der Waals surface area contributed by atoms with E-state index in [9.17, 15) is 28.8 Å². The Bertz CT molecular complexity index is 1380. The standard InChI is InChI=1S/C29H37N5O9/c1-5-42-28(41)34-14-12-33(13-15-34)27(40)21(10-11-24(37)43-29(2,3)4)32-26(39)22-16-19(25(38)30-17-23(35)36)18-8-6-7-9-20(18)31-22/h6-9,16,21H,5,10-15,17H2,1-4H3,(H,30,38)(H,32,39)(H,35,36). The van der Waals surface area contributed by atoms with Gasteiger partial charge in [-0.1, -0.05) is 18.2 Å². The van der Waals surface area contributed by atoms with Crippen molar-refractivity contribution in [2.75, 3.05) is 39.3 Å². The summed E-state index contributed by atoms with van der Waals surface area (Å²) in [6.07, 6.45) is -0.711. The fourth-order valence-corrected chi connectivity index (χ4v) is 4.42. The molecule has 2 aromatic rings. The summed E-state index contributed by atoms with van der Waals surface area (Å²) >= 11 is 0. The number of amides is 4. The predicted octanol–water partition coefficient (Wildman–Crippen LogP) is 1.57. The van der Waals surface area contributed by atoms with Gasteiger partial charge in [-0.25, -0.2) is 9.78 Å². The molecule has 1 atom stereocenters. The number of para-hydroxylation sites is 1. The largest absolute Gasteiger partial charge is 0.480 e. The minimum Gasteiger partial charge on any atom is -0.480 e. The number of pyridine rings is 1. The number of hydrogen-bond donors (Lipinski definition) is 3. The number of benzene rings is 1. The Morgan fingerprint density at radius 2 is 1.65 bits per heavy atom. The topological polar surface area (TPSA) is 185 Å². The third-order valence-electron chi connectivity index (χ3n) is 6.37. The van der Waals surface area contributed by atoms with Gasteiger partial charge in [0.25, 0.3) is 11.8 Å². The number of aliphatic carboxylic acids is 1. The lowest BCUT2D eigenvalue weighted by atomic mass is 10.1. The van der Waals surface area contributed by atoms with Gasteiger partial charge in [0.15, 0.2) is 0 Å². The number of ether oxygens (including phenoxy) is 2. The number of fused-ring (bicyclic) bond motifs is 1. The van der Waals surface area contributed by atoms with Crippen LogP contribution in [-0.2, 0) is 23.9 Å². The van der Waals surface area contributed by atoms with Gasteiger partial charge < -0.3 is 35.0 Å². The minimum absolute atomic E-state index is 0.0312. The number of carbonyl (C=O) groups excluding carboxylic acids is 5. The molecule has 1 aromatic carbocycles. The molecule has 3 N–H and O–H groups in total. The van der Waals surface area contributed by atoms with Crippen LogP contribution < -0.4 is 10.6 Å². The summed E-state index contributed by atoms with van der Waals surface area (Å²) in [5.74, 6) is -3.73. The van der Waals surface area contributed by atoms with E-state index < -0.39 is 53.9 Å². The molecule has 1 aromatic heterocycles. The SMILES string of the molecule is CCOC(=O)N1CCN(C(=O)C(CCC(=O)OC(C)(C)C)NC(=O)c2cc(C(=O)NCC(=O)O)c3ccccc3n2)CC1. The van der Waals surface area contributed by atoms with Gasteiger partial charge in [0.05, 0.1) is 17.7 Å². The molecule has 1 aliphatic rings. The van der Waals surface area contributed by atoms with Gasteiger partial charge in [-0.05, 0) is 46.2 Å². The molecule has 14 nitrogen and oxygen atoms in total. The number of piperazine rings is 1. The highest BCUT2D eigenvalue weighted by Gasteiger charge is 2.32. The molecule has 0 spiro atoms. The number of rotatable bonds is 10. The van der Waals surface area contributed by atoms with Crippen molar-refractivity contribution in [3.8, 4) is 0 Å². The molecule has 2 heterocycles. The fourth-order valence-electron chi connectivity index (χ4n) is 4.42. The molecular weight excluding hydrogens is 562 g/mol. The zero-order valence-electron chi connectivity index (χ0n) is 24.7. The molecule has 0 aliphatic carbocycles. The molecule has 1 unspecified atom stereocenters. The molecular formula is C29H37N5O9. The molecule has 0 bridgehead atoms. The first-order valence-electron chi connectivity index (χ1n) is 13.9. The highest BCUT2D eigenvalue weighted by atomic mass is 16.6. The van der Waals surface area contributed by atoms with Gasteiger partial charge >= 0.3 is 18.0 Å². The lowest BCUT2D eigenvalue weighted by Crippen LogP contribution is -2.56. The first kappa shape index (κ1) is 32.8. The van der Waals surface area contributed by atoms with E-state index >= 15 is 0 Å². The monoisotopic (exact) mass is 599 g/mol. The van der Waals surface area contributed by atoms with Crippen molar-refractivity contribution in [3.05, 3.63) is 41.6 Å². The average Bonchev–Trinajstić information content (AvgIpc) is 2.96. The van der Waals surface area contributed by atoms with E-state index in [1.54, 1.807) is 52.0 Å². The minimum atomic E-state index is -1.24. The maximum absolute atomic E-state index is 13.6. The van der Waals surface area contributed by atoms with Crippen LogP contribution in [0.5, 0.6) is 0 Å². The summed E-state index contributed by atoms with van der Waals surface area (Å²) < 4.78 is 10.4. The zero-order chi connectivity index (χ0) is 31.7. The summed E-state index contributed by atoms with van der Waals surface area (Å²) in [6.45, 7) is 7.30. The molecule has 1 saturated heterocycles. The fraction of sp³-hybridized carbons (Fsp3) is 0.483. The molecule has 14 heteroatoms.